The summed E-state index contributed by atoms with van der Waals surface area (Å²) in [4.78, 5) is 16.8. The lowest BCUT2D eigenvalue weighted by molar-refractivity contribution is 0.137. The van der Waals surface area contributed by atoms with Crippen molar-refractivity contribution in [1.82, 2.24) is 9.80 Å². The fourth-order valence-corrected chi connectivity index (χ4v) is 4.19. The van der Waals surface area contributed by atoms with E-state index in [0.29, 0.717) is 23.8 Å². The fraction of sp³-hybridized carbons (Fsp3) is 0.933. The molecule has 2 heterocycles. The Kier molecular flexibility index (Phi) is 3.70. The number of rotatable bonds is 0. The van der Waals surface area contributed by atoms with Crippen molar-refractivity contribution in [2.75, 3.05) is 26.2 Å². The first-order valence-electron chi connectivity index (χ1n) is 7.93. The quantitative estimate of drug-likeness (QED) is 0.727. The Morgan fingerprint density at radius 3 is 2.63 bits per heavy atom. The van der Waals surface area contributed by atoms with E-state index in [1.807, 2.05) is 0 Å². The highest BCUT2D eigenvalue weighted by atomic mass is 16.2. The molecule has 3 rings (SSSR count). The van der Waals surface area contributed by atoms with E-state index in [1.54, 1.807) is 0 Å². The number of urea groups is 1. The smallest absolute Gasteiger partial charge is 0.320 e. The number of piperidine rings is 1. The van der Waals surface area contributed by atoms with Gasteiger partial charge in [0.2, 0.25) is 0 Å². The number of hydrogen-bond acceptors (Lipinski definition) is 2. The van der Waals surface area contributed by atoms with Gasteiger partial charge < -0.3 is 15.5 Å². The van der Waals surface area contributed by atoms with E-state index in [0.717, 1.165) is 39.0 Å². The molecule has 0 spiro atoms. The molecule has 3 aliphatic rings. The number of carbonyl (C=O) groups is 1. The minimum atomic E-state index is 0.287. The zero-order valence-corrected chi connectivity index (χ0v) is 12.1. The number of likely N-dealkylation sites (tertiary alicyclic amines) is 2. The maximum absolute atomic E-state index is 12.6. The summed E-state index contributed by atoms with van der Waals surface area (Å²) in [5.74, 6) is 2.04. The molecule has 2 N–H and O–H groups in total. The van der Waals surface area contributed by atoms with Gasteiger partial charge in [-0.3, -0.25) is 0 Å². The van der Waals surface area contributed by atoms with Gasteiger partial charge in [-0.2, -0.15) is 0 Å². The Hall–Kier alpha value is -0.770. The Balaban J connectivity index is 1.59. The number of nitrogens with two attached hydrogens (primary N) is 1. The third kappa shape index (κ3) is 2.73. The summed E-state index contributed by atoms with van der Waals surface area (Å²) in [6.45, 7) is 6.07. The second-order valence-electron chi connectivity index (χ2n) is 6.97. The first kappa shape index (κ1) is 13.2. The van der Waals surface area contributed by atoms with E-state index >= 15 is 0 Å². The SMILES string of the molecule is CC1CCCN(C(=O)N2C[C@H]3CCC(N)C[C@H]3C2)C1. The molecular weight excluding hydrogens is 238 g/mol. The number of nitrogens with zero attached hydrogens (tertiary/aromatic N) is 2. The van der Waals surface area contributed by atoms with E-state index in [2.05, 4.69) is 16.7 Å². The largest absolute Gasteiger partial charge is 0.328 e. The third-order valence-corrected chi connectivity index (χ3v) is 5.29. The molecule has 1 aliphatic carbocycles. The lowest BCUT2D eigenvalue weighted by Crippen LogP contribution is -2.46. The Morgan fingerprint density at radius 1 is 1.05 bits per heavy atom. The van der Waals surface area contributed by atoms with Crippen molar-refractivity contribution >= 4 is 6.03 Å². The van der Waals surface area contributed by atoms with Gasteiger partial charge in [-0.1, -0.05) is 6.92 Å². The van der Waals surface area contributed by atoms with Gasteiger partial charge in [-0.15, -0.1) is 0 Å². The highest BCUT2D eigenvalue weighted by Gasteiger charge is 2.40. The molecule has 4 nitrogen and oxygen atoms in total. The second-order valence-corrected chi connectivity index (χ2v) is 6.97. The van der Waals surface area contributed by atoms with Crippen molar-refractivity contribution in [3.05, 3.63) is 0 Å². The normalized spacial score (nSPS) is 39.3. The Bertz CT molecular complexity index is 346. The van der Waals surface area contributed by atoms with E-state index in [9.17, 15) is 4.79 Å². The molecule has 2 aliphatic heterocycles. The zero-order chi connectivity index (χ0) is 13.4. The summed E-state index contributed by atoms with van der Waals surface area (Å²) in [5.41, 5.74) is 6.06. The molecule has 4 heteroatoms. The van der Waals surface area contributed by atoms with Crippen LogP contribution in [0.5, 0.6) is 0 Å². The predicted octanol–water partition coefficient (Wildman–Crippen LogP) is 1.90. The zero-order valence-electron chi connectivity index (χ0n) is 12.1. The number of hydrogen-bond donors (Lipinski definition) is 1. The summed E-state index contributed by atoms with van der Waals surface area (Å²) < 4.78 is 0. The molecule has 108 valence electrons. The molecule has 0 aromatic heterocycles. The molecule has 19 heavy (non-hydrogen) atoms. The van der Waals surface area contributed by atoms with Crippen molar-refractivity contribution in [2.45, 2.75) is 45.1 Å². The van der Waals surface area contributed by atoms with Gasteiger partial charge in [0.25, 0.3) is 0 Å². The van der Waals surface area contributed by atoms with Crippen LogP contribution >= 0.6 is 0 Å². The van der Waals surface area contributed by atoms with Gasteiger partial charge in [0.05, 0.1) is 0 Å². The Labute approximate surface area is 116 Å². The summed E-state index contributed by atoms with van der Waals surface area (Å²) in [7, 11) is 0. The van der Waals surface area contributed by atoms with Crippen LogP contribution in [0.3, 0.4) is 0 Å². The van der Waals surface area contributed by atoms with Gasteiger partial charge in [0.15, 0.2) is 0 Å². The van der Waals surface area contributed by atoms with Crippen molar-refractivity contribution in [3.63, 3.8) is 0 Å². The van der Waals surface area contributed by atoms with Crippen LogP contribution in [-0.2, 0) is 0 Å². The molecule has 0 radical (unpaired) electrons. The summed E-state index contributed by atoms with van der Waals surface area (Å²) in [6, 6.07) is 0.654. The summed E-state index contributed by atoms with van der Waals surface area (Å²) in [6.07, 6.45) is 5.91. The van der Waals surface area contributed by atoms with Crippen LogP contribution in [-0.4, -0.2) is 48.1 Å². The number of fused-ring (bicyclic) bond motifs is 1. The first-order valence-corrected chi connectivity index (χ1v) is 7.93. The van der Waals surface area contributed by atoms with Crippen LogP contribution < -0.4 is 5.73 Å². The maximum atomic E-state index is 12.6. The molecule has 2 unspecified atom stereocenters. The molecule has 0 aromatic rings. The predicted molar refractivity (Wildman–Crippen MR) is 75.7 cm³/mol. The molecule has 2 amide bonds. The van der Waals surface area contributed by atoms with Gasteiger partial charge in [-0.25, -0.2) is 4.79 Å². The number of amides is 2. The van der Waals surface area contributed by atoms with Crippen LogP contribution in [0.25, 0.3) is 0 Å². The lowest BCUT2D eigenvalue weighted by atomic mass is 9.79. The molecule has 2 saturated heterocycles. The van der Waals surface area contributed by atoms with Gasteiger partial charge in [0, 0.05) is 32.2 Å². The van der Waals surface area contributed by atoms with Crippen molar-refractivity contribution in [3.8, 4) is 0 Å². The third-order valence-electron chi connectivity index (χ3n) is 5.29. The highest BCUT2D eigenvalue weighted by molar-refractivity contribution is 5.75. The average molecular weight is 265 g/mol. The van der Waals surface area contributed by atoms with Gasteiger partial charge in [0.1, 0.15) is 0 Å². The van der Waals surface area contributed by atoms with Gasteiger partial charge >= 0.3 is 6.03 Å². The Morgan fingerprint density at radius 2 is 1.84 bits per heavy atom. The van der Waals surface area contributed by atoms with Crippen molar-refractivity contribution < 1.29 is 4.79 Å². The molecular formula is C15H27N3O. The van der Waals surface area contributed by atoms with Crippen LogP contribution in [0, 0.1) is 17.8 Å². The minimum absolute atomic E-state index is 0.287. The lowest BCUT2D eigenvalue weighted by Gasteiger charge is -2.34. The molecule has 3 fully saturated rings. The van der Waals surface area contributed by atoms with Gasteiger partial charge in [-0.05, 0) is 49.9 Å². The van der Waals surface area contributed by atoms with Crippen LogP contribution in [0.4, 0.5) is 4.79 Å². The standard InChI is InChI=1S/C15H27N3O/c1-11-3-2-6-17(8-11)15(19)18-9-12-4-5-14(16)7-13(12)10-18/h11-14H,2-10,16H2,1H3/t11?,12-,13+,14?/m1/s1. The number of carbonyl (C=O) groups excluding carboxylic acids is 1. The molecule has 4 atom stereocenters. The minimum Gasteiger partial charge on any atom is -0.328 e. The monoisotopic (exact) mass is 265 g/mol. The van der Waals surface area contributed by atoms with E-state index in [1.165, 1.54) is 19.3 Å². The molecule has 0 bridgehead atoms. The highest BCUT2D eigenvalue weighted by Crippen LogP contribution is 2.36. The van der Waals surface area contributed by atoms with E-state index in [-0.39, 0.29) is 6.03 Å². The van der Waals surface area contributed by atoms with Crippen molar-refractivity contribution in [1.29, 1.82) is 0 Å². The van der Waals surface area contributed by atoms with E-state index in [4.69, 9.17) is 5.73 Å². The maximum Gasteiger partial charge on any atom is 0.320 e. The summed E-state index contributed by atoms with van der Waals surface area (Å²) in [5, 5.41) is 0. The molecule has 1 saturated carbocycles. The first-order chi connectivity index (χ1) is 9.13. The van der Waals surface area contributed by atoms with E-state index < -0.39 is 0 Å². The second kappa shape index (κ2) is 5.31. The molecule has 0 aromatic carbocycles. The van der Waals surface area contributed by atoms with Crippen LogP contribution in [0.1, 0.15) is 39.0 Å². The fourth-order valence-electron chi connectivity index (χ4n) is 4.19. The van der Waals surface area contributed by atoms with Crippen molar-refractivity contribution in [2.24, 2.45) is 23.5 Å². The topological polar surface area (TPSA) is 49.6 Å². The van der Waals surface area contributed by atoms with Crippen LogP contribution in [0.15, 0.2) is 0 Å². The summed E-state index contributed by atoms with van der Waals surface area (Å²) >= 11 is 0. The average Bonchev–Trinajstić information content (AvgIpc) is 2.80. The van der Waals surface area contributed by atoms with Crippen LogP contribution in [0.2, 0.25) is 0 Å².